The summed E-state index contributed by atoms with van der Waals surface area (Å²) in [6.07, 6.45) is 0.333. The van der Waals surface area contributed by atoms with E-state index in [4.69, 9.17) is 0 Å². The highest BCUT2D eigenvalue weighted by Gasteiger charge is 2.30. The number of carbonyl (C=O) groups is 1. The van der Waals surface area contributed by atoms with Gasteiger partial charge in [0, 0.05) is 37.2 Å². The van der Waals surface area contributed by atoms with Crippen molar-refractivity contribution in [2.75, 3.05) is 39.8 Å². The van der Waals surface area contributed by atoms with Gasteiger partial charge in [0.25, 0.3) is 10.0 Å². The van der Waals surface area contributed by atoms with Crippen LogP contribution in [-0.2, 0) is 19.6 Å². The fourth-order valence-electron chi connectivity index (χ4n) is 2.13. The Morgan fingerprint density at radius 2 is 2.05 bits per heavy atom. The van der Waals surface area contributed by atoms with E-state index in [1.54, 1.807) is 11.4 Å². The van der Waals surface area contributed by atoms with Gasteiger partial charge in [-0.3, -0.25) is 4.79 Å². The molecule has 1 aliphatic rings. The predicted octanol–water partition coefficient (Wildman–Crippen LogP) is 1.38. The average Bonchev–Trinajstić information content (AvgIpc) is 2.92. The highest BCUT2D eigenvalue weighted by atomic mass is 79.9. The summed E-state index contributed by atoms with van der Waals surface area (Å²) in [4.78, 5) is 13.2. The Morgan fingerprint density at radius 3 is 2.57 bits per heavy atom. The molecule has 21 heavy (non-hydrogen) atoms. The fourth-order valence-corrected chi connectivity index (χ4v) is 6.00. The molecular formula is C12H17BrN2O4S2. The Labute approximate surface area is 136 Å². The third kappa shape index (κ3) is 4.04. The molecule has 1 fully saturated rings. The van der Waals surface area contributed by atoms with Crippen molar-refractivity contribution in [2.45, 2.75) is 10.6 Å². The molecule has 9 heteroatoms. The number of rotatable bonds is 5. The van der Waals surface area contributed by atoms with Gasteiger partial charge < -0.3 is 9.64 Å². The van der Waals surface area contributed by atoms with E-state index in [0.717, 1.165) is 0 Å². The smallest absolute Gasteiger partial charge is 0.306 e. The van der Waals surface area contributed by atoms with Gasteiger partial charge in [0.05, 0.1) is 13.5 Å². The van der Waals surface area contributed by atoms with Crippen LogP contribution in [0.4, 0.5) is 0 Å². The molecule has 118 valence electrons. The molecule has 0 amide bonds. The fraction of sp³-hybridized carbons (Fsp3) is 0.583. The molecule has 0 aliphatic carbocycles. The number of ether oxygens (including phenoxy) is 1. The molecule has 2 heterocycles. The quantitative estimate of drug-likeness (QED) is 0.703. The summed E-state index contributed by atoms with van der Waals surface area (Å²) in [6.45, 7) is 2.73. The first kappa shape index (κ1) is 16.9. The van der Waals surface area contributed by atoms with E-state index in [9.17, 15) is 13.2 Å². The number of halogens is 1. The Kier molecular flexibility index (Phi) is 5.78. The largest absolute Gasteiger partial charge is 0.469 e. The van der Waals surface area contributed by atoms with Crippen LogP contribution >= 0.6 is 27.3 Å². The topological polar surface area (TPSA) is 66.9 Å². The number of carbonyl (C=O) groups excluding carboxylic acids is 1. The minimum atomic E-state index is -3.42. The highest BCUT2D eigenvalue weighted by molar-refractivity contribution is 9.10. The summed E-state index contributed by atoms with van der Waals surface area (Å²) in [5.41, 5.74) is 0. The van der Waals surface area contributed by atoms with Crippen molar-refractivity contribution in [1.29, 1.82) is 0 Å². The number of sulfonamides is 1. The van der Waals surface area contributed by atoms with Crippen LogP contribution in [0.5, 0.6) is 0 Å². The molecule has 0 bridgehead atoms. The maximum atomic E-state index is 12.5. The Morgan fingerprint density at radius 1 is 1.38 bits per heavy atom. The van der Waals surface area contributed by atoms with Crippen molar-refractivity contribution in [1.82, 2.24) is 9.21 Å². The summed E-state index contributed by atoms with van der Waals surface area (Å²) >= 11 is 4.49. The van der Waals surface area contributed by atoms with Crippen LogP contribution in [0.1, 0.15) is 6.42 Å². The van der Waals surface area contributed by atoms with E-state index in [-0.39, 0.29) is 5.97 Å². The minimum Gasteiger partial charge on any atom is -0.469 e. The normalized spacial score (nSPS) is 17.8. The number of esters is 1. The van der Waals surface area contributed by atoms with Gasteiger partial charge in [-0.1, -0.05) is 0 Å². The van der Waals surface area contributed by atoms with E-state index < -0.39 is 10.0 Å². The number of thiophene rings is 1. The highest BCUT2D eigenvalue weighted by Crippen LogP contribution is 2.30. The van der Waals surface area contributed by atoms with Crippen LogP contribution in [0.3, 0.4) is 0 Å². The van der Waals surface area contributed by atoms with E-state index in [1.165, 1.54) is 22.8 Å². The maximum Gasteiger partial charge on any atom is 0.306 e. The number of methoxy groups -OCH3 is 1. The van der Waals surface area contributed by atoms with Crippen molar-refractivity contribution < 1.29 is 17.9 Å². The van der Waals surface area contributed by atoms with Crippen molar-refractivity contribution in [2.24, 2.45) is 0 Å². The van der Waals surface area contributed by atoms with E-state index in [2.05, 4.69) is 25.6 Å². The first-order chi connectivity index (χ1) is 9.95. The predicted molar refractivity (Wildman–Crippen MR) is 83.9 cm³/mol. The van der Waals surface area contributed by atoms with Crippen molar-refractivity contribution >= 4 is 43.3 Å². The van der Waals surface area contributed by atoms with E-state index in [1.807, 2.05) is 0 Å². The van der Waals surface area contributed by atoms with Crippen molar-refractivity contribution in [3.05, 3.63) is 15.9 Å². The van der Waals surface area contributed by atoms with Crippen LogP contribution in [0.15, 0.2) is 20.1 Å². The van der Waals surface area contributed by atoms with Gasteiger partial charge in [0.2, 0.25) is 0 Å². The van der Waals surface area contributed by atoms with Gasteiger partial charge in [0.15, 0.2) is 0 Å². The number of piperazine rings is 1. The monoisotopic (exact) mass is 396 g/mol. The molecule has 0 atom stereocenters. The van der Waals surface area contributed by atoms with Gasteiger partial charge in [-0.25, -0.2) is 8.42 Å². The van der Waals surface area contributed by atoms with Gasteiger partial charge >= 0.3 is 5.97 Å². The standard InChI is InChI=1S/C12H17BrN2O4S2/c1-19-11(16)2-4-14-5-7-15(8-6-14)21(17,18)12-10(13)3-9-20-12/h3,9H,2,4-8H2,1H3. The molecular weight excluding hydrogens is 380 g/mol. The summed E-state index contributed by atoms with van der Waals surface area (Å²) in [5, 5.41) is 1.75. The second-order valence-corrected chi connectivity index (χ2v) is 8.53. The third-order valence-corrected chi connectivity index (χ3v) is 7.90. The molecule has 0 aromatic carbocycles. The van der Waals surface area contributed by atoms with Gasteiger partial charge in [-0.05, 0) is 27.4 Å². The van der Waals surface area contributed by atoms with Gasteiger partial charge in [-0.2, -0.15) is 4.31 Å². The molecule has 0 spiro atoms. The molecule has 1 aromatic rings. The molecule has 6 nitrogen and oxygen atoms in total. The zero-order valence-electron chi connectivity index (χ0n) is 11.6. The van der Waals surface area contributed by atoms with Crippen LogP contribution < -0.4 is 0 Å². The number of nitrogens with zero attached hydrogens (tertiary/aromatic N) is 2. The molecule has 0 N–H and O–H groups in total. The Hall–Kier alpha value is -0.480. The molecule has 0 radical (unpaired) electrons. The number of hydrogen-bond donors (Lipinski definition) is 0. The van der Waals surface area contributed by atoms with Crippen LogP contribution in [-0.4, -0.2) is 63.4 Å². The SMILES string of the molecule is COC(=O)CCN1CCN(S(=O)(=O)c2sccc2Br)CC1. The first-order valence-electron chi connectivity index (χ1n) is 6.47. The minimum absolute atomic E-state index is 0.243. The summed E-state index contributed by atoms with van der Waals surface area (Å²) in [6, 6.07) is 1.74. The zero-order valence-corrected chi connectivity index (χ0v) is 14.8. The lowest BCUT2D eigenvalue weighted by atomic mass is 10.3. The third-order valence-electron chi connectivity index (χ3n) is 3.35. The number of hydrogen-bond acceptors (Lipinski definition) is 6. The summed E-state index contributed by atoms with van der Waals surface area (Å²) in [7, 11) is -2.06. The molecule has 1 aliphatic heterocycles. The van der Waals surface area contributed by atoms with Gasteiger partial charge in [-0.15, -0.1) is 11.3 Å². The average molecular weight is 397 g/mol. The van der Waals surface area contributed by atoms with Crippen molar-refractivity contribution in [3.8, 4) is 0 Å². The Balaban J connectivity index is 1.92. The summed E-state index contributed by atoms with van der Waals surface area (Å²) < 4.78 is 32.1. The second kappa shape index (κ2) is 7.19. The lowest BCUT2D eigenvalue weighted by Crippen LogP contribution is -2.48. The molecule has 1 aromatic heterocycles. The zero-order chi connectivity index (χ0) is 15.5. The second-order valence-electron chi connectivity index (χ2n) is 4.63. The lowest BCUT2D eigenvalue weighted by Gasteiger charge is -2.33. The first-order valence-corrected chi connectivity index (χ1v) is 9.58. The Bertz CT molecular complexity index is 594. The van der Waals surface area contributed by atoms with Crippen LogP contribution in [0, 0.1) is 0 Å². The maximum absolute atomic E-state index is 12.5. The molecule has 1 saturated heterocycles. The molecule has 0 unspecified atom stereocenters. The van der Waals surface area contributed by atoms with Gasteiger partial charge in [0.1, 0.15) is 4.21 Å². The molecule has 0 saturated carbocycles. The van der Waals surface area contributed by atoms with Crippen LogP contribution in [0.25, 0.3) is 0 Å². The van der Waals surface area contributed by atoms with E-state index in [0.29, 0.717) is 47.8 Å². The lowest BCUT2D eigenvalue weighted by molar-refractivity contribution is -0.141. The van der Waals surface area contributed by atoms with E-state index >= 15 is 0 Å². The van der Waals surface area contributed by atoms with Crippen LogP contribution in [0.2, 0.25) is 0 Å². The summed E-state index contributed by atoms with van der Waals surface area (Å²) in [5.74, 6) is -0.243. The molecule has 2 rings (SSSR count). The van der Waals surface area contributed by atoms with Crippen molar-refractivity contribution in [3.63, 3.8) is 0 Å².